The van der Waals surface area contributed by atoms with E-state index >= 15 is 0 Å². The van der Waals surface area contributed by atoms with Gasteiger partial charge in [-0.2, -0.15) is 4.98 Å². The third kappa shape index (κ3) is 8.70. The van der Waals surface area contributed by atoms with Gasteiger partial charge >= 0.3 is 0 Å². The van der Waals surface area contributed by atoms with Crippen LogP contribution in [0.15, 0.2) is 28.8 Å². The molecule has 9 heteroatoms. The van der Waals surface area contributed by atoms with Crippen LogP contribution < -0.4 is 9.47 Å². The van der Waals surface area contributed by atoms with E-state index in [-0.39, 0.29) is 16.6 Å². The van der Waals surface area contributed by atoms with Gasteiger partial charge in [-0.05, 0) is 81.6 Å². The van der Waals surface area contributed by atoms with Crippen LogP contribution in [0, 0.1) is 38.5 Å². The van der Waals surface area contributed by atoms with Gasteiger partial charge in [-0.15, -0.1) is 0 Å². The molecule has 1 aromatic carbocycles. The van der Waals surface area contributed by atoms with E-state index in [1.807, 2.05) is 45.0 Å². The highest BCUT2D eigenvalue weighted by molar-refractivity contribution is 6.74. The lowest BCUT2D eigenvalue weighted by Gasteiger charge is -2.40. The number of aryl methyl sites for hydroxylation is 2. The van der Waals surface area contributed by atoms with Crippen LogP contribution in [0.3, 0.4) is 0 Å². The van der Waals surface area contributed by atoms with E-state index in [2.05, 4.69) is 66.2 Å². The predicted octanol–water partition coefficient (Wildman–Crippen LogP) is 8.55. The van der Waals surface area contributed by atoms with E-state index in [9.17, 15) is 0 Å². The molecule has 1 unspecified atom stereocenters. The molecule has 1 aliphatic rings. The van der Waals surface area contributed by atoms with E-state index < -0.39 is 8.32 Å². The molecule has 1 atom stereocenters. The lowest BCUT2D eigenvalue weighted by atomic mass is 9.89. The van der Waals surface area contributed by atoms with Crippen LogP contribution in [-0.2, 0) is 9.16 Å². The molecule has 241 valence electrons. The zero-order valence-corrected chi connectivity index (χ0v) is 29.7. The van der Waals surface area contributed by atoms with Crippen LogP contribution in [-0.4, -0.2) is 56.0 Å². The Balaban J connectivity index is 1.63. The first kappa shape index (κ1) is 34.1. The van der Waals surface area contributed by atoms with Crippen LogP contribution in [0.1, 0.15) is 71.4 Å². The molecule has 3 aromatic rings. The summed E-state index contributed by atoms with van der Waals surface area (Å²) in [6.45, 7) is 26.3. The maximum absolute atomic E-state index is 6.79. The smallest absolute Gasteiger partial charge is 0.220 e. The molecule has 1 radical (unpaired) electrons. The second kappa shape index (κ2) is 13.7. The molecule has 1 saturated heterocycles. The zero-order chi connectivity index (χ0) is 32.3. The van der Waals surface area contributed by atoms with Crippen molar-refractivity contribution in [2.75, 3.05) is 26.4 Å². The average Bonchev–Trinajstić information content (AvgIpc) is 3.27. The Morgan fingerprint density at radius 3 is 2.32 bits per heavy atom. The number of aromatic nitrogens is 3. The minimum absolute atomic E-state index is 0.0103. The fraction of sp³-hybridized carbons (Fsp3) is 0.600. The predicted molar refractivity (Wildman–Crippen MR) is 178 cm³/mol. The number of hydrogen-bond acceptors (Lipinski definition) is 8. The number of hydrogen-bond donors (Lipinski definition) is 0. The van der Waals surface area contributed by atoms with Crippen LogP contribution in [0.2, 0.25) is 18.1 Å². The lowest BCUT2D eigenvalue weighted by Crippen LogP contribution is -2.46. The van der Waals surface area contributed by atoms with E-state index in [1.165, 1.54) is 0 Å². The lowest BCUT2D eigenvalue weighted by molar-refractivity contribution is 0.0489. The molecule has 4 rings (SSSR count). The van der Waals surface area contributed by atoms with Gasteiger partial charge in [0.15, 0.2) is 14.1 Å². The monoisotopic (exact) mass is 622 g/mol. The highest BCUT2D eigenvalue weighted by Crippen LogP contribution is 2.39. The molecule has 0 spiro atoms. The van der Waals surface area contributed by atoms with Crippen LogP contribution >= 0.6 is 0 Å². The second-order valence-corrected chi connectivity index (χ2v) is 19.4. The number of ether oxygens (including phenoxy) is 3. The molecular weight excluding hydrogens is 570 g/mol. The first-order chi connectivity index (χ1) is 20.5. The summed E-state index contributed by atoms with van der Waals surface area (Å²) in [7, 11) is -2.01. The third-order valence-electron chi connectivity index (χ3n) is 8.61. The maximum Gasteiger partial charge on any atom is 0.220 e. The van der Waals surface area contributed by atoms with Crippen molar-refractivity contribution < 1.29 is 23.2 Å². The van der Waals surface area contributed by atoms with E-state index in [1.54, 1.807) is 0 Å². The van der Waals surface area contributed by atoms with Crippen molar-refractivity contribution in [1.29, 1.82) is 0 Å². The van der Waals surface area contributed by atoms with Gasteiger partial charge < -0.3 is 23.2 Å². The fourth-order valence-electron chi connectivity index (χ4n) is 5.07. The normalized spacial score (nSPS) is 15.8. The highest BCUT2D eigenvalue weighted by atomic mass is 28.4. The highest BCUT2D eigenvalue weighted by Gasteiger charge is 2.40. The molecule has 0 amide bonds. The summed E-state index contributed by atoms with van der Waals surface area (Å²) in [5, 5.41) is 4.28. The fourth-order valence-corrected chi connectivity index (χ4v) is 6.32. The van der Waals surface area contributed by atoms with Crippen molar-refractivity contribution in [2.45, 2.75) is 99.4 Å². The Hall–Kier alpha value is -2.75. The summed E-state index contributed by atoms with van der Waals surface area (Å²) in [5.41, 5.74) is 4.12. The minimum atomic E-state index is -2.01. The molecule has 8 nitrogen and oxygen atoms in total. The van der Waals surface area contributed by atoms with Gasteiger partial charge in [0.05, 0.1) is 29.7 Å². The molecule has 0 N–H and O–H groups in total. The Labute approximate surface area is 265 Å². The topological polar surface area (TPSA) is 88.7 Å². The van der Waals surface area contributed by atoms with E-state index in [0.29, 0.717) is 36.6 Å². The van der Waals surface area contributed by atoms with Gasteiger partial charge in [0.1, 0.15) is 18.1 Å². The van der Waals surface area contributed by atoms with Gasteiger partial charge in [0, 0.05) is 24.3 Å². The largest absolute Gasteiger partial charge is 0.491 e. The molecule has 44 heavy (non-hydrogen) atoms. The van der Waals surface area contributed by atoms with Gasteiger partial charge in [0.25, 0.3) is 0 Å². The van der Waals surface area contributed by atoms with Crippen molar-refractivity contribution in [3.8, 4) is 34.3 Å². The Morgan fingerprint density at radius 2 is 1.70 bits per heavy atom. The van der Waals surface area contributed by atoms with Crippen molar-refractivity contribution in [1.82, 2.24) is 15.1 Å². The van der Waals surface area contributed by atoms with E-state index in [0.717, 1.165) is 59.9 Å². The molecule has 0 saturated carbocycles. The molecule has 3 heterocycles. The summed E-state index contributed by atoms with van der Waals surface area (Å²) in [6, 6.07) is 7.94. The Bertz CT molecular complexity index is 1380. The Morgan fingerprint density at radius 1 is 1.00 bits per heavy atom. The van der Waals surface area contributed by atoms with Crippen LogP contribution in [0.5, 0.6) is 11.6 Å². The first-order valence-electron chi connectivity index (χ1n) is 15.8. The van der Waals surface area contributed by atoms with Crippen molar-refractivity contribution in [3.05, 3.63) is 47.7 Å². The summed E-state index contributed by atoms with van der Waals surface area (Å²) in [6.07, 6.45) is 4.10. The molecule has 2 aromatic heterocycles. The number of nitrogens with zero attached hydrogens (tertiary/aromatic N) is 3. The summed E-state index contributed by atoms with van der Waals surface area (Å²) in [5.74, 6) is 3.03. The Kier molecular flexibility index (Phi) is 10.6. The molecule has 1 fully saturated rings. The quantitative estimate of drug-likeness (QED) is 0.197. The van der Waals surface area contributed by atoms with Gasteiger partial charge in [0.2, 0.25) is 5.88 Å². The summed E-state index contributed by atoms with van der Waals surface area (Å²) < 4.78 is 30.6. The SMILES string of the molecule is Cc1noc(C)c1-c1nc(-c2cccc(OCC([CH]C(C)(C)C)O[Si](C)(C)C(C)(C)C)c2)nc(OCC2CCOCC2)c1C. The van der Waals surface area contributed by atoms with Crippen LogP contribution in [0.4, 0.5) is 0 Å². The second-order valence-electron chi connectivity index (χ2n) is 14.7. The summed E-state index contributed by atoms with van der Waals surface area (Å²) >= 11 is 0. The minimum Gasteiger partial charge on any atom is -0.491 e. The van der Waals surface area contributed by atoms with Gasteiger partial charge in [-0.1, -0.05) is 58.8 Å². The molecule has 1 aliphatic heterocycles. The zero-order valence-electron chi connectivity index (χ0n) is 28.7. The van der Waals surface area contributed by atoms with Crippen molar-refractivity contribution in [2.24, 2.45) is 11.3 Å². The van der Waals surface area contributed by atoms with Crippen molar-refractivity contribution in [3.63, 3.8) is 0 Å². The van der Waals surface area contributed by atoms with Gasteiger partial charge in [-0.3, -0.25) is 0 Å². The third-order valence-corrected chi connectivity index (χ3v) is 13.1. The molecule has 0 bridgehead atoms. The standard InChI is InChI=1S/C35H52N3O5Si/c1-23-31(30-24(2)38-42-25(30)3)36-32(37-33(23)41-21-26-15-17-39-18-16-26)27-13-12-14-28(19-27)40-22-29(20-34(4,5)6)43-44(10,11)35(7,8)9/h12-14,19-20,26,29H,15-18,21-22H2,1-11H3. The summed E-state index contributed by atoms with van der Waals surface area (Å²) in [4.78, 5) is 9.95. The first-order valence-corrected chi connectivity index (χ1v) is 18.7. The molecule has 0 aliphatic carbocycles. The number of rotatable bonds is 11. The molecular formula is C35H52N3O5Si. The van der Waals surface area contributed by atoms with E-state index in [4.69, 9.17) is 33.1 Å². The average molecular weight is 623 g/mol. The number of benzene rings is 1. The maximum atomic E-state index is 6.79. The van der Waals surface area contributed by atoms with Crippen molar-refractivity contribution >= 4 is 8.32 Å². The van der Waals surface area contributed by atoms with Crippen LogP contribution in [0.25, 0.3) is 22.6 Å². The van der Waals surface area contributed by atoms with Gasteiger partial charge in [-0.25, -0.2) is 4.98 Å².